The molecule has 0 aromatic carbocycles. The second-order valence-corrected chi connectivity index (χ2v) is 29.1. The van der Waals surface area contributed by atoms with Gasteiger partial charge in [0.05, 0.1) is 11.4 Å². The van der Waals surface area contributed by atoms with Crippen LogP contribution in [-0.2, 0) is 39.5 Å². The van der Waals surface area contributed by atoms with E-state index in [-0.39, 0.29) is 32.5 Å². The Balaban J connectivity index is 0.000000480. The molecule has 0 saturated carbocycles. The van der Waals surface area contributed by atoms with Gasteiger partial charge in [-0.15, -0.1) is 0 Å². The standard InChI is InChI=1S/3C13H21N.2C11H18N2.C10H18N2/c1-8-10(3)14-11(4)9(2)12(8)13(5,6)7;1-8-9(2)12(13(5,6)7)11(4)14-10(8)3;1-8-9(2)11(4)14-12(10(8)3)13(5,6)7;1-7-10(11(4,5)6)8(2)13-9(3)12-7;1-7-8(2)12-9(3)13-10(7)11(4,5)6;1-7-8(2)11-12(6)9(7)10(3,4)5/h3*1-7H3;2*1-6H3;1-6H3. The van der Waals surface area contributed by atoms with Gasteiger partial charge in [0.2, 0.25) is 0 Å². The number of hydrogen-bond donors (Lipinski definition) is 0. The van der Waals surface area contributed by atoms with Crippen molar-refractivity contribution in [3.05, 3.63) is 147 Å². The van der Waals surface area contributed by atoms with Gasteiger partial charge in [-0.1, -0.05) is 125 Å². The van der Waals surface area contributed by atoms with Crippen LogP contribution in [0.3, 0.4) is 0 Å². The van der Waals surface area contributed by atoms with Crippen LogP contribution >= 0.6 is 0 Å². The molecule has 6 rings (SSSR count). The van der Waals surface area contributed by atoms with E-state index < -0.39 is 0 Å². The van der Waals surface area contributed by atoms with Crippen LogP contribution in [-0.4, -0.2) is 44.7 Å². The Bertz CT molecular complexity index is 3030. The minimum absolute atomic E-state index is 0.114. The molecule has 6 aromatic heterocycles. The molecule has 6 heterocycles. The van der Waals surface area contributed by atoms with E-state index in [1.807, 2.05) is 32.5 Å². The van der Waals surface area contributed by atoms with Crippen LogP contribution in [0.15, 0.2) is 0 Å². The van der Waals surface area contributed by atoms with E-state index in [1.54, 1.807) is 0 Å². The van der Waals surface area contributed by atoms with E-state index in [1.165, 1.54) is 83.8 Å². The van der Waals surface area contributed by atoms with Gasteiger partial charge in [0, 0.05) is 80.2 Å². The van der Waals surface area contributed by atoms with Gasteiger partial charge in [0.25, 0.3) is 0 Å². The number of hydrogen-bond acceptors (Lipinski definition) is 8. The van der Waals surface area contributed by atoms with E-state index in [9.17, 15) is 0 Å². The molecule has 0 atom stereocenters. The summed E-state index contributed by atoms with van der Waals surface area (Å²) in [4.78, 5) is 31.5. The van der Waals surface area contributed by atoms with E-state index in [4.69, 9.17) is 4.98 Å². The zero-order valence-electron chi connectivity index (χ0n) is 59.0. The lowest BCUT2D eigenvalue weighted by molar-refractivity contribution is 0.520. The molecular weight excluding hydrogens is 979 g/mol. The molecule has 0 radical (unpaired) electrons. The molecule has 0 spiro atoms. The highest BCUT2D eigenvalue weighted by atomic mass is 15.3. The van der Waals surface area contributed by atoms with Crippen LogP contribution in [0, 0.1) is 138 Å². The third-order valence-electron chi connectivity index (χ3n) is 15.4. The summed E-state index contributed by atoms with van der Waals surface area (Å²) in [5.74, 6) is 1.73. The predicted octanol–water partition coefficient (Wildman–Crippen LogP) is 18.6. The van der Waals surface area contributed by atoms with E-state index in [0.29, 0.717) is 0 Å². The highest BCUT2D eigenvalue weighted by Crippen LogP contribution is 2.34. The quantitative estimate of drug-likeness (QED) is 0.148. The van der Waals surface area contributed by atoms with Crippen molar-refractivity contribution in [2.45, 2.75) is 296 Å². The van der Waals surface area contributed by atoms with Gasteiger partial charge >= 0.3 is 0 Å². The molecule has 9 nitrogen and oxygen atoms in total. The molecule has 0 N–H and O–H groups in total. The van der Waals surface area contributed by atoms with Crippen molar-refractivity contribution in [2.24, 2.45) is 7.05 Å². The van der Waals surface area contributed by atoms with Crippen LogP contribution in [0.1, 0.15) is 271 Å². The summed E-state index contributed by atoms with van der Waals surface area (Å²) >= 11 is 0. The first-order valence-electron chi connectivity index (χ1n) is 29.2. The van der Waals surface area contributed by atoms with Crippen LogP contribution in [0.4, 0.5) is 0 Å². The lowest BCUT2D eigenvalue weighted by atomic mass is 9.80. The maximum Gasteiger partial charge on any atom is 0.125 e. The minimum atomic E-state index is 0.114. The number of aryl methyl sites for hydroxylation is 12. The summed E-state index contributed by atoms with van der Waals surface area (Å²) in [6, 6.07) is 0. The third kappa shape index (κ3) is 19.5. The lowest BCUT2D eigenvalue weighted by Gasteiger charge is -2.26. The third-order valence-corrected chi connectivity index (χ3v) is 15.4. The zero-order valence-corrected chi connectivity index (χ0v) is 59.0. The van der Waals surface area contributed by atoms with Gasteiger partial charge < -0.3 is 0 Å². The van der Waals surface area contributed by atoms with Gasteiger partial charge in [-0.25, -0.2) is 19.9 Å². The second kappa shape index (κ2) is 27.3. The number of rotatable bonds is 0. The van der Waals surface area contributed by atoms with Crippen molar-refractivity contribution in [1.29, 1.82) is 0 Å². The summed E-state index contributed by atoms with van der Waals surface area (Å²) in [6.45, 7) is 82.0. The zero-order chi connectivity index (χ0) is 63.2. The van der Waals surface area contributed by atoms with Gasteiger partial charge in [-0.05, 0) is 221 Å². The molecule has 6 aromatic rings. The number of pyridine rings is 3. The number of aromatic nitrogens is 9. The molecule has 446 valence electrons. The summed E-state index contributed by atoms with van der Waals surface area (Å²) < 4.78 is 1.99. The first-order chi connectivity index (χ1) is 35.7. The predicted molar refractivity (Wildman–Crippen MR) is 347 cm³/mol. The SMILES string of the molecule is Cc1nc(C(C)(C)C)c(C)c(C)c1C.Cc1nc(C)c(C(C)(C)C)c(C)c1C.Cc1nc(C)c(C(C)(C)C)c(C)n1.Cc1nc(C)c(C)c(C(C)(C)C)c1C.Cc1nc(C)c(C)c(C(C)(C)C)n1.Cc1nn(C)c(C(C)(C)C)c1C. The summed E-state index contributed by atoms with van der Waals surface area (Å²) in [5.41, 5.74) is 31.2. The Labute approximate surface area is 491 Å². The average molecular weight is 1100 g/mol. The molecule has 9 heteroatoms. The molecule has 0 unspecified atom stereocenters. The van der Waals surface area contributed by atoms with Gasteiger partial charge in [0.1, 0.15) is 11.6 Å². The Morgan fingerprint density at radius 2 is 0.537 bits per heavy atom. The molecule has 0 bridgehead atoms. The van der Waals surface area contributed by atoms with Crippen LogP contribution in [0.2, 0.25) is 0 Å². The van der Waals surface area contributed by atoms with Crippen molar-refractivity contribution in [3.63, 3.8) is 0 Å². The van der Waals surface area contributed by atoms with Crippen molar-refractivity contribution >= 4 is 0 Å². The Hall–Kier alpha value is -5.18. The normalized spacial score (nSPS) is 11.9. The van der Waals surface area contributed by atoms with Crippen LogP contribution < -0.4 is 0 Å². The number of nitrogens with zero attached hydrogens (tertiary/aromatic N) is 9. The highest BCUT2D eigenvalue weighted by molar-refractivity contribution is 5.44. The molecule has 0 saturated heterocycles. The first-order valence-corrected chi connectivity index (χ1v) is 29.2. The fourth-order valence-electron chi connectivity index (χ4n) is 11.5. The molecule has 0 aliphatic rings. The van der Waals surface area contributed by atoms with Gasteiger partial charge in [-0.3, -0.25) is 19.6 Å². The molecule has 0 aliphatic heterocycles. The van der Waals surface area contributed by atoms with Gasteiger partial charge in [-0.2, -0.15) is 5.10 Å². The second-order valence-electron chi connectivity index (χ2n) is 29.1. The van der Waals surface area contributed by atoms with Crippen molar-refractivity contribution in [1.82, 2.24) is 44.7 Å². The molecular formula is C71H117N9. The first kappa shape index (κ1) is 72.8. The van der Waals surface area contributed by atoms with E-state index >= 15 is 0 Å². The van der Waals surface area contributed by atoms with Crippen LogP contribution in [0.25, 0.3) is 0 Å². The van der Waals surface area contributed by atoms with Crippen molar-refractivity contribution in [2.75, 3.05) is 0 Å². The summed E-state index contributed by atoms with van der Waals surface area (Å²) in [5, 5.41) is 4.39. The van der Waals surface area contributed by atoms with Gasteiger partial charge in [0.15, 0.2) is 0 Å². The Kier molecular flexibility index (Phi) is 24.8. The molecule has 0 fully saturated rings. The Morgan fingerprint density at radius 3 is 0.887 bits per heavy atom. The smallest absolute Gasteiger partial charge is 0.125 e. The summed E-state index contributed by atoms with van der Waals surface area (Å²) in [7, 11) is 2.01. The fourth-order valence-corrected chi connectivity index (χ4v) is 11.5. The molecule has 80 heavy (non-hydrogen) atoms. The largest absolute Gasteiger partial charge is 0.272 e. The molecule has 0 aliphatic carbocycles. The topological polar surface area (TPSA) is 108 Å². The van der Waals surface area contributed by atoms with E-state index in [2.05, 4.69) is 277 Å². The Morgan fingerprint density at radius 1 is 0.225 bits per heavy atom. The lowest BCUT2D eigenvalue weighted by Crippen LogP contribution is -2.17. The monoisotopic (exact) mass is 1100 g/mol. The maximum atomic E-state index is 4.70. The van der Waals surface area contributed by atoms with Crippen molar-refractivity contribution < 1.29 is 0 Å². The van der Waals surface area contributed by atoms with Crippen LogP contribution in [0.5, 0.6) is 0 Å². The molecule has 0 amide bonds. The van der Waals surface area contributed by atoms with Crippen molar-refractivity contribution in [3.8, 4) is 0 Å². The summed E-state index contributed by atoms with van der Waals surface area (Å²) in [6.07, 6.45) is 0. The maximum absolute atomic E-state index is 4.70. The van der Waals surface area contributed by atoms with E-state index in [0.717, 1.165) is 62.9 Å². The highest BCUT2D eigenvalue weighted by Gasteiger charge is 2.26. The average Bonchev–Trinajstić information content (AvgIpc) is 3.52. The minimum Gasteiger partial charge on any atom is -0.272 e. The fraction of sp³-hybridized carbons (Fsp3) is 0.634.